The van der Waals surface area contributed by atoms with Gasteiger partial charge in [-0.05, 0) is 6.42 Å². The van der Waals surface area contributed by atoms with E-state index in [0.29, 0.717) is 13.0 Å². The summed E-state index contributed by atoms with van der Waals surface area (Å²) in [5.74, 6) is -0.0775. The maximum absolute atomic E-state index is 11.4. The van der Waals surface area contributed by atoms with Gasteiger partial charge in [0.15, 0.2) is 0 Å². The van der Waals surface area contributed by atoms with Crippen molar-refractivity contribution in [1.82, 2.24) is 0 Å². The minimum absolute atomic E-state index is 0.0775. The summed E-state index contributed by atoms with van der Waals surface area (Å²) in [6, 6.07) is 0. The molecule has 0 aromatic carbocycles. The van der Waals surface area contributed by atoms with E-state index in [9.17, 15) is 4.79 Å². The van der Waals surface area contributed by atoms with Crippen molar-refractivity contribution >= 4 is 21.9 Å². The molecule has 2 nitrogen and oxygen atoms in total. The molecule has 0 saturated carbocycles. The van der Waals surface area contributed by atoms with Crippen molar-refractivity contribution in [3.05, 3.63) is 0 Å². The molecule has 0 N–H and O–H groups in total. The molecule has 0 radical (unpaired) electrons. The molecule has 0 aliphatic heterocycles. The third-order valence-electron chi connectivity index (χ3n) is 5.21. The smallest absolute Gasteiger partial charge is 0.306 e. The first-order valence-corrected chi connectivity index (χ1v) is 12.9. The van der Waals surface area contributed by atoms with E-state index in [2.05, 4.69) is 22.9 Å². The number of rotatable bonds is 21. The Labute approximate surface area is 178 Å². The Hall–Kier alpha value is -0.0500. The van der Waals surface area contributed by atoms with Crippen molar-refractivity contribution in [2.75, 3.05) is 6.61 Å². The predicted molar refractivity (Wildman–Crippen MR) is 123 cm³/mol. The maximum Gasteiger partial charge on any atom is 0.306 e. The van der Waals surface area contributed by atoms with Crippen LogP contribution in [0.5, 0.6) is 0 Å². The van der Waals surface area contributed by atoms with E-state index in [1.807, 2.05) is 6.92 Å². The quantitative estimate of drug-likeness (QED) is 0.0999. The van der Waals surface area contributed by atoms with Crippen LogP contribution in [0, 0.1) is 0 Å². The number of carbonyl (C=O) groups excluding carboxylic acids is 1. The summed E-state index contributed by atoms with van der Waals surface area (Å²) in [5, 5.41) is 0. The van der Waals surface area contributed by atoms with Gasteiger partial charge in [0.25, 0.3) is 0 Å². The Morgan fingerprint density at radius 2 is 1.00 bits per heavy atom. The van der Waals surface area contributed by atoms with Gasteiger partial charge in [0, 0.05) is 4.83 Å². The Balaban J connectivity index is 3.06. The van der Waals surface area contributed by atoms with Crippen molar-refractivity contribution in [3.63, 3.8) is 0 Å². The second-order valence-corrected chi connectivity index (χ2v) is 9.78. The molecule has 27 heavy (non-hydrogen) atoms. The van der Waals surface area contributed by atoms with Gasteiger partial charge in [0.05, 0.1) is 13.0 Å². The molecule has 0 aromatic heterocycles. The highest BCUT2D eigenvalue weighted by atomic mass is 79.9. The number of esters is 1. The number of ether oxygens (including phenoxy) is 1. The lowest BCUT2D eigenvalue weighted by Crippen LogP contribution is -2.09. The molecule has 0 bridgehead atoms. The van der Waals surface area contributed by atoms with Crippen LogP contribution in [-0.4, -0.2) is 17.4 Å². The van der Waals surface area contributed by atoms with Crippen LogP contribution in [0.4, 0.5) is 0 Å². The molecule has 1 unspecified atom stereocenters. The molecule has 0 heterocycles. The Morgan fingerprint density at radius 3 is 1.33 bits per heavy atom. The fraction of sp³-hybridized carbons (Fsp3) is 0.958. The van der Waals surface area contributed by atoms with E-state index in [-0.39, 0.29) is 10.8 Å². The van der Waals surface area contributed by atoms with Crippen LogP contribution < -0.4 is 0 Å². The summed E-state index contributed by atoms with van der Waals surface area (Å²) in [5.41, 5.74) is 0. The highest BCUT2D eigenvalue weighted by Crippen LogP contribution is 2.14. The zero-order chi connectivity index (χ0) is 20.0. The Morgan fingerprint density at radius 1 is 0.667 bits per heavy atom. The van der Waals surface area contributed by atoms with Crippen LogP contribution in [0.25, 0.3) is 0 Å². The molecule has 3 heteroatoms. The zero-order valence-corrected chi connectivity index (χ0v) is 20.0. The molecular weight excluding hydrogens is 400 g/mol. The van der Waals surface area contributed by atoms with Gasteiger partial charge < -0.3 is 4.74 Å². The van der Waals surface area contributed by atoms with Crippen LogP contribution in [0.2, 0.25) is 0 Å². The number of carbonyl (C=O) groups is 1. The van der Waals surface area contributed by atoms with E-state index in [1.54, 1.807) is 0 Å². The van der Waals surface area contributed by atoms with Gasteiger partial charge in [-0.25, -0.2) is 0 Å². The molecule has 0 fully saturated rings. The second kappa shape index (κ2) is 22.2. The van der Waals surface area contributed by atoms with E-state index in [4.69, 9.17) is 4.74 Å². The fourth-order valence-electron chi connectivity index (χ4n) is 3.48. The zero-order valence-electron chi connectivity index (χ0n) is 18.4. The van der Waals surface area contributed by atoms with Gasteiger partial charge in [-0.1, -0.05) is 139 Å². The molecule has 0 spiro atoms. The third-order valence-corrected chi connectivity index (χ3v) is 5.53. The monoisotopic (exact) mass is 446 g/mol. The van der Waals surface area contributed by atoms with E-state index >= 15 is 0 Å². The minimum Gasteiger partial charge on any atom is -0.466 e. The van der Waals surface area contributed by atoms with Crippen LogP contribution >= 0.6 is 15.9 Å². The highest BCUT2D eigenvalue weighted by Gasteiger charge is 2.06. The SMILES string of the molecule is CCCCCCCCCCCCCCCCCCCCOC(=O)CC(C)Br. The van der Waals surface area contributed by atoms with Crippen molar-refractivity contribution in [1.29, 1.82) is 0 Å². The molecule has 162 valence electrons. The standard InChI is InChI=1S/C24H47BrO2/c1-3-4-5-6-7-8-9-10-11-12-13-14-15-16-17-18-19-20-21-27-24(26)22-23(2)25/h23H,3-22H2,1-2H3. The number of alkyl halides is 1. The van der Waals surface area contributed by atoms with Gasteiger partial charge >= 0.3 is 5.97 Å². The first-order valence-electron chi connectivity index (χ1n) is 12.0. The summed E-state index contributed by atoms with van der Waals surface area (Å²) >= 11 is 3.37. The molecule has 0 saturated heterocycles. The lowest BCUT2D eigenvalue weighted by atomic mass is 10.0. The fourth-order valence-corrected chi connectivity index (χ4v) is 3.74. The summed E-state index contributed by atoms with van der Waals surface area (Å²) < 4.78 is 5.21. The van der Waals surface area contributed by atoms with Crippen molar-refractivity contribution in [3.8, 4) is 0 Å². The van der Waals surface area contributed by atoms with E-state index < -0.39 is 0 Å². The van der Waals surface area contributed by atoms with Gasteiger partial charge in [0.2, 0.25) is 0 Å². The molecule has 0 amide bonds. The second-order valence-electron chi connectivity index (χ2n) is 8.22. The molecule has 0 aromatic rings. The normalized spacial score (nSPS) is 12.3. The lowest BCUT2D eigenvalue weighted by Gasteiger charge is -2.06. The van der Waals surface area contributed by atoms with Crippen LogP contribution in [0.15, 0.2) is 0 Å². The third kappa shape index (κ3) is 23.9. The van der Waals surface area contributed by atoms with Crippen molar-refractivity contribution < 1.29 is 9.53 Å². The van der Waals surface area contributed by atoms with Gasteiger partial charge in [-0.2, -0.15) is 0 Å². The average molecular weight is 448 g/mol. The topological polar surface area (TPSA) is 26.3 Å². The summed E-state index contributed by atoms with van der Waals surface area (Å²) in [6.45, 7) is 4.85. The largest absolute Gasteiger partial charge is 0.466 e. The number of hydrogen-bond donors (Lipinski definition) is 0. The molecule has 0 rings (SSSR count). The van der Waals surface area contributed by atoms with Crippen LogP contribution in [0.1, 0.15) is 136 Å². The highest BCUT2D eigenvalue weighted by molar-refractivity contribution is 9.09. The summed E-state index contributed by atoms with van der Waals surface area (Å²) in [7, 11) is 0. The molecular formula is C24H47BrO2. The summed E-state index contributed by atoms with van der Waals surface area (Å²) in [6.07, 6.45) is 25.3. The average Bonchev–Trinajstić information content (AvgIpc) is 2.63. The predicted octanol–water partition coefficient (Wildman–Crippen LogP) is 8.74. The van der Waals surface area contributed by atoms with Gasteiger partial charge in [-0.3, -0.25) is 4.79 Å². The number of unbranched alkanes of at least 4 members (excludes halogenated alkanes) is 17. The summed E-state index contributed by atoms with van der Waals surface area (Å²) in [4.78, 5) is 11.6. The van der Waals surface area contributed by atoms with Crippen molar-refractivity contribution in [2.24, 2.45) is 0 Å². The van der Waals surface area contributed by atoms with Crippen LogP contribution in [-0.2, 0) is 9.53 Å². The minimum atomic E-state index is -0.0775. The van der Waals surface area contributed by atoms with Gasteiger partial charge in [0.1, 0.15) is 0 Å². The van der Waals surface area contributed by atoms with E-state index in [0.717, 1.165) is 6.42 Å². The lowest BCUT2D eigenvalue weighted by molar-refractivity contribution is -0.143. The number of hydrogen-bond acceptors (Lipinski definition) is 2. The molecule has 1 atom stereocenters. The van der Waals surface area contributed by atoms with Crippen LogP contribution in [0.3, 0.4) is 0 Å². The van der Waals surface area contributed by atoms with Crippen molar-refractivity contribution in [2.45, 2.75) is 141 Å². The maximum atomic E-state index is 11.4. The van der Waals surface area contributed by atoms with Gasteiger partial charge in [-0.15, -0.1) is 0 Å². The first-order chi connectivity index (χ1) is 13.2. The Bertz CT molecular complexity index is 305. The molecule has 0 aliphatic carbocycles. The first kappa shape index (κ1) is 27.0. The van der Waals surface area contributed by atoms with E-state index in [1.165, 1.54) is 109 Å². The molecule has 0 aliphatic rings. The Kier molecular flexibility index (Phi) is 22.2. The number of halogens is 1.